The van der Waals surface area contributed by atoms with Gasteiger partial charge in [-0.2, -0.15) is 0 Å². The molecular formula is C31H34N2O. The van der Waals surface area contributed by atoms with E-state index in [1.807, 2.05) is 0 Å². The van der Waals surface area contributed by atoms with E-state index in [0.29, 0.717) is 17.7 Å². The molecule has 34 heavy (non-hydrogen) atoms. The largest absolute Gasteiger partial charge is 0.335 e. The highest BCUT2D eigenvalue weighted by Gasteiger charge is 2.42. The van der Waals surface area contributed by atoms with Gasteiger partial charge >= 0.3 is 0 Å². The molecule has 2 saturated heterocycles. The second kappa shape index (κ2) is 9.38. The lowest BCUT2D eigenvalue weighted by Crippen LogP contribution is -2.45. The van der Waals surface area contributed by atoms with Crippen LogP contribution in [-0.2, 0) is 4.79 Å². The highest BCUT2D eigenvalue weighted by molar-refractivity contribution is 5.81. The quantitative estimate of drug-likeness (QED) is 0.516. The Hall–Kier alpha value is -2.91. The van der Waals surface area contributed by atoms with Crippen LogP contribution in [0.1, 0.15) is 71.7 Å². The zero-order valence-corrected chi connectivity index (χ0v) is 19.8. The van der Waals surface area contributed by atoms with Crippen LogP contribution >= 0.6 is 0 Å². The van der Waals surface area contributed by atoms with Crippen LogP contribution in [-0.4, -0.2) is 30.4 Å². The van der Waals surface area contributed by atoms with Crippen LogP contribution in [0.5, 0.6) is 0 Å². The van der Waals surface area contributed by atoms with E-state index in [0.717, 1.165) is 32.5 Å². The average Bonchev–Trinajstić information content (AvgIpc) is 3.65. The fourth-order valence-corrected chi connectivity index (χ4v) is 6.34. The summed E-state index contributed by atoms with van der Waals surface area (Å²) in [6, 6.07) is 30.6. The van der Waals surface area contributed by atoms with Crippen molar-refractivity contribution in [2.75, 3.05) is 19.6 Å². The summed E-state index contributed by atoms with van der Waals surface area (Å²) in [4.78, 5) is 16.4. The van der Waals surface area contributed by atoms with Crippen molar-refractivity contribution in [2.45, 2.75) is 49.5 Å². The Morgan fingerprint density at radius 1 is 0.706 bits per heavy atom. The Morgan fingerprint density at radius 3 is 2.06 bits per heavy atom. The SMILES string of the molecule is O=C([C@@H]1CNC[C@H]1c1ccccc1C1CC1)N1CCC(c2ccccc2)CC1c1ccccc1. The first-order chi connectivity index (χ1) is 16.8. The van der Waals surface area contributed by atoms with Crippen molar-refractivity contribution in [3.8, 4) is 0 Å². The molecule has 1 N–H and O–H groups in total. The molecule has 2 unspecified atom stereocenters. The molecule has 3 aliphatic rings. The van der Waals surface area contributed by atoms with Gasteiger partial charge in [0.05, 0.1) is 12.0 Å². The Bertz CT molecular complexity index is 1120. The molecule has 2 heterocycles. The maximum atomic E-state index is 14.2. The van der Waals surface area contributed by atoms with Crippen LogP contribution in [0.25, 0.3) is 0 Å². The van der Waals surface area contributed by atoms with Crippen LogP contribution < -0.4 is 5.32 Å². The lowest BCUT2D eigenvalue weighted by atomic mass is 9.80. The van der Waals surface area contributed by atoms with E-state index in [1.54, 1.807) is 0 Å². The van der Waals surface area contributed by atoms with Crippen molar-refractivity contribution in [1.29, 1.82) is 0 Å². The van der Waals surface area contributed by atoms with Gasteiger partial charge in [0.1, 0.15) is 0 Å². The minimum atomic E-state index is 0.0133. The monoisotopic (exact) mass is 450 g/mol. The maximum absolute atomic E-state index is 14.2. The number of hydrogen-bond acceptors (Lipinski definition) is 2. The van der Waals surface area contributed by atoms with Crippen LogP contribution in [0.4, 0.5) is 0 Å². The van der Waals surface area contributed by atoms with Gasteiger partial charge < -0.3 is 10.2 Å². The summed E-state index contributed by atoms with van der Waals surface area (Å²) in [5.74, 6) is 1.81. The van der Waals surface area contributed by atoms with E-state index in [-0.39, 0.29) is 17.9 Å². The van der Waals surface area contributed by atoms with Crippen molar-refractivity contribution in [1.82, 2.24) is 10.2 Å². The number of amides is 1. The van der Waals surface area contributed by atoms with Gasteiger partial charge in [0.15, 0.2) is 0 Å². The summed E-state index contributed by atoms with van der Waals surface area (Å²) in [5, 5.41) is 3.57. The molecule has 0 spiro atoms. The maximum Gasteiger partial charge on any atom is 0.228 e. The number of benzene rings is 3. The molecule has 6 rings (SSSR count). The fourth-order valence-electron chi connectivity index (χ4n) is 6.34. The number of piperidine rings is 1. The summed E-state index contributed by atoms with van der Waals surface area (Å²) in [6.07, 6.45) is 4.60. The third kappa shape index (κ3) is 4.18. The molecule has 4 atom stereocenters. The second-order valence-corrected chi connectivity index (χ2v) is 10.4. The predicted octanol–water partition coefficient (Wildman–Crippen LogP) is 6.01. The highest BCUT2D eigenvalue weighted by Crippen LogP contribution is 2.46. The van der Waals surface area contributed by atoms with E-state index < -0.39 is 0 Å². The fraction of sp³-hybridized carbons (Fsp3) is 0.387. The Morgan fingerprint density at radius 2 is 1.35 bits per heavy atom. The molecule has 1 amide bonds. The Labute approximate surface area is 203 Å². The molecule has 0 bridgehead atoms. The number of rotatable bonds is 5. The minimum Gasteiger partial charge on any atom is -0.335 e. The van der Waals surface area contributed by atoms with Gasteiger partial charge in [0.2, 0.25) is 5.91 Å². The van der Waals surface area contributed by atoms with Gasteiger partial charge in [-0.15, -0.1) is 0 Å². The summed E-state index contributed by atoms with van der Waals surface area (Å²) >= 11 is 0. The summed E-state index contributed by atoms with van der Waals surface area (Å²) in [7, 11) is 0. The summed E-state index contributed by atoms with van der Waals surface area (Å²) in [5.41, 5.74) is 5.55. The minimum absolute atomic E-state index is 0.0133. The first-order valence-electron chi connectivity index (χ1n) is 13.0. The predicted molar refractivity (Wildman–Crippen MR) is 137 cm³/mol. The molecule has 1 aliphatic carbocycles. The Balaban J connectivity index is 1.29. The first kappa shape index (κ1) is 21.6. The molecule has 0 radical (unpaired) electrons. The van der Waals surface area contributed by atoms with Gasteiger partial charge in [-0.25, -0.2) is 0 Å². The molecular weight excluding hydrogens is 416 g/mol. The number of likely N-dealkylation sites (tertiary alicyclic amines) is 1. The number of nitrogens with zero attached hydrogens (tertiary/aromatic N) is 1. The van der Waals surface area contributed by atoms with E-state index in [4.69, 9.17) is 0 Å². The Kier molecular flexibility index (Phi) is 5.97. The molecule has 3 fully saturated rings. The zero-order chi connectivity index (χ0) is 22.9. The van der Waals surface area contributed by atoms with Gasteiger partial charge in [-0.3, -0.25) is 4.79 Å². The van der Waals surface area contributed by atoms with Gasteiger partial charge in [0, 0.05) is 25.6 Å². The molecule has 3 heteroatoms. The summed E-state index contributed by atoms with van der Waals surface area (Å²) in [6.45, 7) is 2.50. The molecule has 3 aromatic rings. The third-order valence-electron chi connectivity index (χ3n) is 8.28. The van der Waals surface area contributed by atoms with Crippen LogP contribution in [0.3, 0.4) is 0 Å². The van der Waals surface area contributed by atoms with Crippen LogP contribution in [0, 0.1) is 5.92 Å². The van der Waals surface area contributed by atoms with Crippen LogP contribution in [0.15, 0.2) is 84.9 Å². The van der Waals surface area contributed by atoms with Gasteiger partial charge in [0.25, 0.3) is 0 Å². The first-order valence-corrected chi connectivity index (χ1v) is 13.0. The highest BCUT2D eigenvalue weighted by atomic mass is 16.2. The van der Waals surface area contributed by atoms with Crippen molar-refractivity contribution in [3.05, 3.63) is 107 Å². The lowest BCUT2D eigenvalue weighted by molar-refractivity contribution is -0.139. The van der Waals surface area contributed by atoms with Crippen molar-refractivity contribution in [3.63, 3.8) is 0 Å². The average molecular weight is 451 g/mol. The van der Waals surface area contributed by atoms with E-state index in [9.17, 15) is 4.79 Å². The van der Waals surface area contributed by atoms with E-state index >= 15 is 0 Å². The number of carbonyl (C=O) groups excluding carboxylic acids is 1. The van der Waals surface area contributed by atoms with Crippen LogP contribution in [0.2, 0.25) is 0 Å². The smallest absolute Gasteiger partial charge is 0.228 e. The van der Waals surface area contributed by atoms with E-state index in [1.165, 1.54) is 35.1 Å². The number of nitrogens with one attached hydrogen (secondary N) is 1. The zero-order valence-electron chi connectivity index (χ0n) is 19.8. The van der Waals surface area contributed by atoms with Crippen molar-refractivity contribution in [2.24, 2.45) is 5.92 Å². The summed E-state index contributed by atoms with van der Waals surface area (Å²) < 4.78 is 0. The molecule has 0 aromatic heterocycles. The number of hydrogen-bond donors (Lipinski definition) is 1. The van der Waals surface area contributed by atoms with Crippen molar-refractivity contribution >= 4 is 5.91 Å². The molecule has 2 aliphatic heterocycles. The standard InChI is InChI=1S/C31H34N2O/c34-31(29-21-32-20-28(29)27-14-8-7-13-26(27)23-15-16-23)33-18-17-25(22-9-3-1-4-10-22)19-30(33)24-11-5-2-6-12-24/h1-14,23,25,28-30,32H,15-21H2/t25?,28-,29+,30?/m0/s1. The number of carbonyl (C=O) groups is 1. The second-order valence-electron chi connectivity index (χ2n) is 10.4. The molecule has 1 saturated carbocycles. The normalized spacial score (nSPS) is 27.0. The molecule has 174 valence electrons. The topological polar surface area (TPSA) is 32.3 Å². The van der Waals surface area contributed by atoms with Gasteiger partial charge in [-0.1, -0.05) is 84.9 Å². The molecule has 3 aromatic carbocycles. The van der Waals surface area contributed by atoms with Gasteiger partial charge in [-0.05, 0) is 59.8 Å². The van der Waals surface area contributed by atoms with Crippen molar-refractivity contribution < 1.29 is 4.79 Å². The molecule has 3 nitrogen and oxygen atoms in total. The lowest BCUT2D eigenvalue weighted by Gasteiger charge is -2.42. The third-order valence-corrected chi connectivity index (χ3v) is 8.28. The van der Waals surface area contributed by atoms with E-state index in [2.05, 4.69) is 95.1 Å².